The topological polar surface area (TPSA) is 41.6 Å². The van der Waals surface area contributed by atoms with E-state index >= 15 is 0 Å². The first-order valence-corrected chi connectivity index (χ1v) is 6.53. The summed E-state index contributed by atoms with van der Waals surface area (Å²) in [4.78, 5) is 0. The van der Waals surface area contributed by atoms with Gasteiger partial charge in [0, 0.05) is 22.5 Å². The molecular formula is C13H12IN3. The number of hydrogen-bond acceptors (Lipinski definition) is 2. The van der Waals surface area contributed by atoms with Crippen molar-refractivity contribution in [3.8, 4) is 6.07 Å². The molecule has 0 aliphatic heterocycles. The van der Waals surface area contributed by atoms with E-state index in [0.717, 1.165) is 24.9 Å². The highest BCUT2D eigenvalue weighted by Crippen LogP contribution is 2.16. The number of benzene rings is 1. The van der Waals surface area contributed by atoms with Crippen LogP contribution in [0.3, 0.4) is 0 Å². The summed E-state index contributed by atoms with van der Waals surface area (Å²) in [5.74, 6) is 0. The van der Waals surface area contributed by atoms with Gasteiger partial charge in [0.1, 0.15) is 0 Å². The van der Waals surface area contributed by atoms with Gasteiger partial charge in [-0.25, -0.2) is 0 Å². The Morgan fingerprint density at radius 1 is 1.41 bits per heavy atom. The second-order valence-electron chi connectivity index (χ2n) is 3.79. The standard InChI is InChI=1S/C13H12IN3/c14-13-5-4-11(10-15)9-12(13)3-1-7-17-8-2-6-16-17/h2,4-6,8-9H,1,3,7H2. The molecule has 0 N–H and O–H groups in total. The molecule has 1 heterocycles. The largest absolute Gasteiger partial charge is 0.273 e. The van der Waals surface area contributed by atoms with Crippen LogP contribution in [0.4, 0.5) is 0 Å². The molecule has 0 bridgehead atoms. The minimum atomic E-state index is 0.736. The molecule has 86 valence electrons. The van der Waals surface area contributed by atoms with Crippen LogP contribution in [0.5, 0.6) is 0 Å². The second kappa shape index (κ2) is 5.82. The summed E-state index contributed by atoms with van der Waals surface area (Å²) in [6.07, 6.45) is 5.77. The molecule has 4 heteroatoms. The highest BCUT2D eigenvalue weighted by molar-refractivity contribution is 14.1. The smallest absolute Gasteiger partial charge is 0.0991 e. The molecule has 0 spiro atoms. The summed E-state index contributed by atoms with van der Waals surface area (Å²) >= 11 is 2.31. The Bertz CT molecular complexity index is 526. The van der Waals surface area contributed by atoms with Gasteiger partial charge in [-0.3, -0.25) is 4.68 Å². The van der Waals surface area contributed by atoms with Crippen LogP contribution in [0.25, 0.3) is 0 Å². The Morgan fingerprint density at radius 2 is 2.29 bits per heavy atom. The summed E-state index contributed by atoms with van der Waals surface area (Å²) in [6.45, 7) is 0.917. The quantitative estimate of drug-likeness (QED) is 0.805. The molecule has 0 unspecified atom stereocenters. The SMILES string of the molecule is N#Cc1ccc(I)c(CCCn2cccn2)c1. The maximum atomic E-state index is 8.86. The van der Waals surface area contributed by atoms with Crippen molar-refractivity contribution in [2.45, 2.75) is 19.4 Å². The lowest BCUT2D eigenvalue weighted by Gasteiger charge is -2.05. The van der Waals surface area contributed by atoms with E-state index in [-0.39, 0.29) is 0 Å². The molecular weight excluding hydrogens is 325 g/mol. The van der Waals surface area contributed by atoms with Crippen LogP contribution in [0.15, 0.2) is 36.7 Å². The molecule has 2 rings (SSSR count). The summed E-state index contributed by atoms with van der Waals surface area (Å²) in [5, 5.41) is 13.0. The Balaban J connectivity index is 1.97. The fourth-order valence-electron chi connectivity index (χ4n) is 1.70. The summed E-state index contributed by atoms with van der Waals surface area (Å²) in [6, 6.07) is 9.95. The maximum absolute atomic E-state index is 8.86. The Kier molecular flexibility index (Phi) is 4.15. The van der Waals surface area contributed by atoms with Crippen molar-refractivity contribution in [1.29, 1.82) is 5.26 Å². The number of nitrogens with zero attached hydrogens (tertiary/aromatic N) is 3. The van der Waals surface area contributed by atoms with E-state index < -0.39 is 0 Å². The van der Waals surface area contributed by atoms with Gasteiger partial charge in [0.15, 0.2) is 0 Å². The van der Waals surface area contributed by atoms with Gasteiger partial charge >= 0.3 is 0 Å². The third-order valence-electron chi connectivity index (χ3n) is 2.57. The first kappa shape index (κ1) is 12.1. The summed E-state index contributed by atoms with van der Waals surface area (Å²) in [7, 11) is 0. The Labute approximate surface area is 114 Å². The molecule has 0 amide bonds. The van der Waals surface area contributed by atoms with E-state index in [4.69, 9.17) is 5.26 Å². The van der Waals surface area contributed by atoms with Gasteiger partial charge in [0.2, 0.25) is 0 Å². The van der Waals surface area contributed by atoms with Gasteiger partial charge in [-0.05, 0) is 65.3 Å². The molecule has 0 fully saturated rings. The molecule has 0 saturated carbocycles. The number of rotatable bonds is 4. The van der Waals surface area contributed by atoms with Crippen molar-refractivity contribution < 1.29 is 0 Å². The zero-order valence-electron chi connectivity index (χ0n) is 9.31. The molecule has 3 nitrogen and oxygen atoms in total. The lowest BCUT2D eigenvalue weighted by molar-refractivity contribution is 0.578. The molecule has 17 heavy (non-hydrogen) atoms. The molecule has 1 aromatic heterocycles. The van der Waals surface area contributed by atoms with Gasteiger partial charge in [0.05, 0.1) is 11.6 Å². The van der Waals surface area contributed by atoms with Crippen LogP contribution in [0, 0.1) is 14.9 Å². The summed E-state index contributed by atoms with van der Waals surface area (Å²) in [5.41, 5.74) is 1.98. The van der Waals surface area contributed by atoms with Crippen molar-refractivity contribution in [3.63, 3.8) is 0 Å². The van der Waals surface area contributed by atoms with Crippen LogP contribution in [-0.2, 0) is 13.0 Å². The predicted molar refractivity (Wildman–Crippen MR) is 74.4 cm³/mol. The lowest BCUT2D eigenvalue weighted by Crippen LogP contribution is -2.00. The Morgan fingerprint density at radius 3 is 3.00 bits per heavy atom. The van der Waals surface area contributed by atoms with Crippen LogP contribution in [0.2, 0.25) is 0 Å². The lowest BCUT2D eigenvalue weighted by atomic mass is 10.1. The molecule has 1 aromatic carbocycles. The average molecular weight is 337 g/mol. The van der Waals surface area contributed by atoms with Crippen LogP contribution in [-0.4, -0.2) is 9.78 Å². The van der Waals surface area contributed by atoms with E-state index in [1.165, 1.54) is 9.13 Å². The molecule has 0 aliphatic rings. The van der Waals surface area contributed by atoms with Crippen LogP contribution >= 0.6 is 22.6 Å². The van der Waals surface area contributed by atoms with Gasteiger partial charge in [-0.15, -0.1) is 0 Å². The van der Waals surface area contributed by atoms with Crippen LogP contribution in [0.1, 0.15) is 17.5 Å². The molecule has 0 radical (unpaired) electrons. The molecule has 0 aliphatic carbocycles. The third kappa shape index (κ3) is 3.30. The number of hydrogen-bond donors (Lipinski definition) is 0. The zero-order chi connectivity index (χ0) is 12.1. The molecule has 0 saturated heterocycles. The fourth-order valence-corrected chi connectivity index (χ4v) is 2.31. The van der Waals surface area contributed by atoms with E-state index in [9.17, 15) is 0 Å². The van der Waals surface area contributed by atoms with Crippen molar-refractivity contribution in [3.05, 3.63) is 51.4 Å². The predicted octanol–water partition coefficient (Wildman–Crippen LogP) is 2.99. The monoisotopic (exact) mass is 337 g/mol. The molecule has 2 aromatic rings. The zero-order valence-corrected chi connectivity index (χ0v) is 11.5. The fraction of sp³-hybridized carbons (Fsp3) is 0.231. The number of halogens is 1. The minimum absolute atomic E-state index is 0.736. The molecule has 0 atom stereocenters. The number of aromatic nitrogens is 2. The van der Waals surface area contributed by atoms with Gasteiger partial charge in [-0.1, -0.05) is 0 Å². The normalized spacial score (nSPS) is 10.1. The first-order valence-electron chi connectivity index (χ1n) is 5.45. The number of nitriles is 1. The maximum Gasteiger partial charge on any atom is 0.0991 e. The van der Waals surface area contributed by atoms with Crippen molar-refractivity contribution in [2.75, 3.05) is 0 Å². The average Bonchev–Trinajstić information content (AvgIpc) is 2.84. The summed E-state index contributed by atoms with van der Waals surface area (Å²) < 4.78 is 3.16. The highest BCUT2D eigenvalue weighted by atomic mass is 127. The van der Waals surface area contributed by atoms with Gasteiger partial charge in [0.25, 0.3) is 0 Å². The van der Waals surface area contributed by atoms with E-state index in [1.54, 1.807) is 6.20 Å². The minimum Gasteiger partial charge on any atom is -0.273 e. The van der Waals surface area contributed by atoms with Gasteiger partial charge in [-0.2, -0.15) is 10.4 Å². The van der Waals surface area contributed by atoms with Crippen molar-refractivity contribution in [2.24, 2.45) is 0 Å². The number of aryl methyl sites for hydroxylation is 2. The highest BCUT2D eigenvalue weighted by Gasteiger charge is 2.02. The van der Waals surface area contributed by atoms with E-state index in [0.29, 0.717) is 0 Å². The van der Waals surface area contributed by atoms with E-state index in [1.807, 2.05) is 35.1 Å². The van der Waals surface area contributed by atoms with Gasteiger partial charge < -0.3 is 0 Å². The third-order valence-corrected chi connectivity index (χ3v) is 3.62. The van der Waals surface area contributed by atoms with Crippen molar-refractivity contribution in [1.82, 2.24) is 9.78 Å². The van der Waals surface area contributed by atoms with E-state index in [2.05, 4.69) is 33.8 Å². The second-order valence-corrected chi connectivity index (χ2v) is 4.95. The Hall–Kier alpha value is -1.35. The van der Waals surface area contributed by atoms with Crippen molar-refractivity contribution >= 4 is 22.6 Å². The van der Waals surface area contributed by atoms with Crippen LogP contribution < -0.4 is 0 Å². The first-order chi connectivity index (χ1) is 8.29.